The summed E-state index contributed by atoms with van der Waals surface area (Å²) in [6.07, 6.45) is 4.73. The standard InChI is InChI=1S/C30H32N2O3/c33-29(24-7-2-1-3-8-24)25-12-10-23(11-13-25)22-35-28-16-14-26(15-17-28)30(34)32-20-6-9-27(32)21-31-18-4-5-19-31/h1-3,7-8,10-17,27H,4-6,9,18-22H2/t27-/m0/s1. The van der Waals surface area contributed by atoms with Gasteiger partial charge in [-0.05, 0) is 68.6 Å². The van der Waals surface area contributed by atoms with E-state index in [9.17, 15) is 9.59 Å². The van der Waals surface area contributed by atoms with E-state index in [1.807, 2.05) is 78.9 Å². The van der Waals surface area contributed by atoms with Crippen LogP contribution in [0.15, 0.2) is 78.9 Å². The van der Waals surface area contributed by atoms with Crippen molar-refractivity contribution >= 4 is 11.7 Å². The number of rotatable bonds is 8. The van der Waals surface area contributed by atoms with Gasteiger partial charge in [0.1, 0.15) is 12.4 Å². The van der Waals surface area contributed by atoms with E-state index < -0.39 is 0 Å². The molecule has 3 aromatic carbocycles. The first-order valence-electron chi connectivity index (χ1n) is 12.6. The number of ketones is 1. The van der Waals surface area contributed by atoms with E-state index in [2.05, 4.69) is 9.80 Å². The number of ether oxygens (including phenoxy) is 1. The quantitative estimate of drug-likeness (QED) is 0.427. The second kappa shape index (κ2) is 10.9. The summed E-state index contributed by atoms with van der Waals surface area (Å²) < 4.78 is 5.93. The van der Waals surface area contributed by atoms with Crippen molar-refractivity contribution in [2.24, 2.45) is 0 Å². The van der Waals surface area contributed by atoms with E-state index in [1.54, 1.807) is 0 Å². The highest BCUT2D eigenvalue weighted by molar-refractivity contribution is 6.08. The predicted octanol–water partition coefficient (Wildman–Crippen LogP) is 5.20. The molecule has 0 radical (unpaired) electrons. The third kappa shape index (κ3) is 5.63. The largest absolute Gasteiger partial charge is 0.489 e. The summed E-state index contributed by atoms with van der Waals surface area (Å²) in [4.78, 5) is 30.3. The Balaban J connectivity index is 1.15. The molecule has 5 rings (SSSR count). The van der Waals surface area contributed by atoms with Crippen LogP contribution < -0.4 is 4.74 Å². The van der Waals surface area contributed by atoms with Crippen LogP contribution in [-0.4, -0.2) is 53.7 Å². The van der Waals surface area contributed by atoms with Crippen LogP contribution in [0.3, 0.4) is 0 Å². The van der Waals surface area contributed by atoms with Crippen molar-refractivity contribution in [3.05, 3.63) is 101 Å². The zero-order valence-corrected chi connectivity index (χ0v) is 20.1. The number of nitrogens with zero attached hydrogens (tertiary/aromatic N) is 2. The number of hydrogen-bond donors (Lipinski definition) is 0. The first-order valence-corrected chi connectivity index (χ1v) is 12.6. The fraction of sp³-hybridized carbons (Fsp3) is 0.333. The number of benzene rings is 3. The molecule has 2 aliphatic heterocycles. The topological polar surface area (TPSA) is 49.9 Å². The van der Waals surface area contributed by atoms with Crippen LogP contribution in [0.1, 0.15) is 57.5 Å². The van der Waals surface area contributed by atoms with E-state index in [4.69, 9.17) is 4.74 Å². The lowest BCUT2D eigenvalue weighted by molar-refractivity contribution is 0.0708. The van der Waals surface area contributed by atoms with Gasteiger partial charge < -0.3 is 14.5 Å². The van der Waals surface area contributed by atoms with Crippen molar-refractivity contribution in [1.82, 2.24) is 9.80 Å². The molecule has 0 bridgehead atoms. The average Bonchev–Trinajstić information content (AvgIpc) is 3.60. The fourth-order valence-corrected chi connectivity index (χ4v) is 5.09. The third-order valence-electron chi connectivity index (χ3n) is 7.06. The Morgan fingerprint density at radius 2 is 1.40 bits per heavy atom. The minimum Gasteiger partial charge on any atom is -0.489 e. The maximum Gasteiger partial charge on any atom is 0.254 e. The molecular weight excluding hydrogens is 436 g/mol. The Labute approximate surface area is 207 Å². The van der Waals surface area contributed by atoms with Gasteiger partial charge in [-0.2, -0.15) is 0 Å². The number of carbonyl (C=O) groups is 2. The lowest BCUT2D eigenvalue weighted by Crippen LogP contribution is -2.42. The van der Waals surface area contributed by atoms with Crippen LogP contribution in [0.25, 0.3) is 0 Å². The number of likely N-dealkylation sites (tertiary alicyclic amines) is 2. The summed E-state index contributed by atoms with van der Waals surface area (Å²) in [7, 11) is 0. The van der Waals surface area contributed by atoms with Crippen molar-refractivity contribution in [2.75, 3.05) is 26.2 Å². The smallest absolute Gasteiger partial charge is 0.254 e. The molecule has 3 aromatic rings. The van der Waals surface area contributed by atoms with Gasteiger partial charge in [0.25, 0.3) is 5.91 Å². The van der Waals surface area contributed by atoms with Crippen LogP contribution in [-0.2, 0) is 6.61 Å². The second-order valence-corrected chi connectivity index (χ2v) is 9.51. The highest BCUT2D eigenvalue weighted by Gasteiger charge is 2.31. The maximum atomic E-state index is 13.2. The Hall–Kier alpha value is -3.44. The Morgan fingerprint density at radius 1 is 0.743 bits per heavy atom. The summed E-state index contributed by atoms with van der Waals surface area (Å²) in [5, 5.41) is 0. The molecule has 5 nitrogen and oxygen atoms in total. The van der Waals surface area contributed by atoms with E-state index in [0.717, 1.165) is 55.9 Å². The van der Waals surface area contributed by atoms with E-state index in [0.29, 0.717) is 23.8 Å². The molecular formula is C30H32N2O3. The maximum absolute atomic E-state index is 13.2. The highest BCUT2D eigenvalue weighted by atomic mass is 16.5. The van der Waals surface area contributed by atoms with Crippen LogP contribution in [0.2, 0.25) is 0 Å². The Kier molecular flexibility index (Phi) is 7.24. The van der Waals surface area contributed by atoms with Crippen LogP contribution >= 0.6 is 0 Å². The molecule has 0 aromatic heterocycles. The summed E-state index contributed by atoms with van der Waals surface area (Å²) in [6, 6.07) is 24.6. The molecule has 2 saturated heterocycles. The normalized spacial score (nSPS) is 18.1. The predicted molar refractivity (Wildman–Crippen MR) is 137 cm³/mol. The molecule has 180 valence electrons. The van der Waals surface area contributed by atoms with Crippen LogP contribution in [0.5, 0.6) is 5.75 Å². The van der Waals surface area contributed by atoms with Gasteiger partial charge in [0.2, 0.25) is 0 Å². The fourth-order valence-electron chi connectivity index (χ4n) is 5.09. The Morgan fingerprint density at radius 3 is 2.11 bits per heavy atom. The minimum atomic E-state index is 0.0130. The molecule has 0 spiro atoms. The summed E-state index contributed by atoms with van der Waals surface area (Å²) >= 11 is 0. The van der Waals surface area contributed by atoms with Gasteiger partial charge in [0, 0.05) is 35.8 Å². The summed E-state index contributed by atoms with van der Waals surface area (Å²) in [5.74, 6) is 0.858. The first-order chi connectivity index (χ1) is 17.2. The molecule has 0 aliphatic carbocycles. The zero-order chi connectivity index (χ0) is 24.0. The van der Waals surface area contributed by atoms with Gasteiger partial charge in [0.05, 0.1) is 0 Å². The molecule has 0 N–H and O–H groups in total. The lowest BCUT2D eigenvalue weighted by Gasteiger charge is -2.28. The summed E-state index contributed by atoms with van der Waals surface area (Å²) in [5.41, 5.74) is 3.04. The highest BCUT2D eigenvalue weighted by Crippen LogP contribution is 2.24. The van der Waals surface area contributed by atoms with Crippen molar-refractivity contribution < 1.29 is 14.3 Å². The zero-order valence-electron chi connectivity index (χ0n) is 20.1. The van der Waals surface area contributed by atoms with Crippen molar-refractivity contribution in [1.29, 1.82) is 0 Å². The van der Waals surface area contributed by atoms with Crippen molar-refractivity contribution in [3.8, 4) is 5.75 Å². The molecule has 2 fully saturated rings. The first kappa shape index (κ1) is 23.3. The van der Waals surface area contributed by atoms with Gasteiger partial charge in [0.15, 0.2) is 5.78 Å². The molecule has 2 heterocycles. The molecule has 1 atom stereocenters. The van der Waals surface area contributed by atoms with Gasteiger partial charge in [-0.25, -0.2) is 0 Å². The van der Waals surface area contributed by atoms with E-state index >= 15 is 0 Å². The van der Waals surface area contributed by atoms with Gasteiger partial charge >= 0.3 is 0 Å². The molecule has 5 heteroatoms. The van der Waals surface area contributed by atoms with Crippen molar-refractivity contribution in [2.45, 2.75) is 38.3 Å². The molecule has 0 saturated carbocycles. The van der Waals surface area contributed by atoms with Crippen molar-refractivity contribution in [3.63, 3.8) is 0 Å². The minimum absolute atomic E-state index is 0.0130. The molecule has 0 unspecified atom stereocenters. The second-order valence-electron chi connectivity index (χ2n) is 9.51. The average molecular weight is 469 g/mol. The van der Waals surface area contributed by atoms with Crippen LogP contribution in [0, 0.1) is 0 Å². The third-order valence-corrected chi connectivity index (χ3v) is 7.06. The number of amides is 1. The molecule has 1 amide bonds. The molecule has 2 aliphatic rings. The summed E-state index contributed by atoms with van der Waals surface area (Å²) in [6.45, 7) is 4.57. The van der Waals surface area contributed by atoms with E-state index in [1.165, 1.54) is 12.8 Å². The van der Waals surface area contributed by atoms with Gasteiger partial charge in [-0.3, -0.25) is 9.59 Å². The number of carbonyl (C=O) groups excluding carboxylic acids is 2. The monoisotopic (exact) mass is 468 g/mol. The van der Waals surface area contributed by atoms with E-state index in [-0.39, 0.29) is 11.7 Å². The number of hydrogen-bond acceptors (Lipinski definition) is 4. The van der Waals surface area contributed by atoms with Crippen LogP contribution in [0.4, 0.5) is 0 Å². The lowest BCUT2D eigenvalue weighted by atomic mass is 10.0. The SMILES string of the molecule is O=C(c1ccccc1)c1ccc(COc2ccc(C(=O)N3CCC[C@H]3CN3CCCC3)cc2)cc1. The Bertz CT molecular complexity index is 1140. The van der Waals surface area contributed by atoms with Gasteiger partial charge in [-0.1, -0.05) is 54.6 Å². The molecule has 35 heavy (non-hydrogen) atoms. The van der Waals surface area contributed by atoms with Gasteiger partial charge in [-0.15, -0.1) is 0 Å².